The van der Waals surface area contributed by atoms with Gasteiger partial charge < -0.3 is 5.32 Å². The normalized spacial score (nSPS) is 18.9. The Balaban J connectivity index is 1.38. The Bertz CT molecular complexity index is 981. The van der Waals surface area contributed by atoms with Crippen LogP contribution in [0.2, 0.25) is 0 Å². The van der Waals surface area contributed by atoms with Gasteiger partial charge in [0, 0.05) is 19.4 Å². The van der Waals surface area contributed by atoms with Gasteiger partial charge in [0.05, 0.1) is 0 Å². The summed E-state index contributed by atoms with van der Waals surface area (Å²) in [6.45, 7) is 2.48. The molecule has 1 aliphatic heterocycles. The van der Waals surface area contributed by atoms with Crippen molar-refractivity contribution in [3.8, 4) is 0 Å². The maximum atomic E-state index is 13.5. The highest BCUT2D eigenvalue weighted by Crippen LogP contribution is 2.36. The summed E-state index contributed by atoms with van der Waals surface area (Å²) < 4.78 is 4.76. The van der Waals surface area contributed by atoms with Gasteiger partial charge in [0.25, 0.3) is 0 Å². The van der Waals surface area contributed by atoms with Crippen LogP contribution in [0.4, 0.5) is 0 Å². The zero-order chi connectivity index (χ0) is 19.0. The van der Waals surface area contributed by atoms with Crippen molar-refractivity contribution in [3.63, 3.8) is 0 Å². The van der Waals surface area contributed by atoms with Crippen molar-refractivity contribution in [2.24, 2.45) is 0 Å². The van der Waals surface area contributed by atoms with E-state index in [1.54, 1.807) is 0 Å². The van der Waals surface area contributed by atoms with E-state index in [0.717, 1.165) is 37.0 Å². The van der Waals surface area contributed by atoms with Crippen molar-refractivity contribution in [2.75, 3.05) is 13.1 Å². The van der Waals surface area contributed by atoms with E-state index in [1.165, 1.54) is 30.4 Å². The molecule has 2 heterocycles. The molecule has 28 heavy (non-hydrogen) atoms. The molecule has 6 heteroatoms. The van der Waals surface area contributed by atoms with Crippen molar-refractivity contribution in [1.29, 1.82) is 0 Å². The van der Waals surface area contributed by atoms with Gasteiger partial charge in [-0.15, -0.1) is 0 Å². The molecule has 1 fully saturated rings. The van der Waals surface area contributed by atoms with Crippen LogP contribution in [-0.2, 0) is 24.2 Å². The molecule has 1 aliphatic carbocycles. The predicted octanol–water partition coefficient (Wildman–Crippen LogP) is 2.86. The lowest BCUT2D eigenvalue weighted by Crippen LogP contribution is -2.60. The van der Waals surface area contributed by atoms with Gasteiger partial charge in [0.15, 0.2) is 0 Å². The van der Waals surface area contributed by atoms with E-state index < -0.39 is 5.54 Å². The molecule has 2 aliphatic rings. The van der Waals surface area contributed by atoms with Crippen molar-refractivity contribution < 1.29 is 9.42 Å². The summed E-state index contributed by atoms with van der Waals surface area (Å²) in [5, 5.41) is 10.9. The van der Waals surface area contributed by atoms with E-state index in [9.17, 15) is 4.79 Å². The Morgan fingerprint density at radius 2 is 1.71 bits per heavy atom. The lowest BCUT2D eigenvalue weighted by Gasteiger charge is -2.42. The summed E-state index contributed by atoms with van der Waals surface area (Å²) in [5.41, 5.74) is 4.58. The molecule has 0 unspecified atom stereocenters. The van der Waals surface area contributed by atoms with Crippen LogP contribution < -0.4 is 5.32 Å². The third-order valence-corrected chi connectivity index (χ3v) is 6.24. The summed E-state index contributed by atoms with van der Waals surface area (Å²) in [4.78, 5) is 15.9. The number of rotatable bonds is 4. The minimum absolute atomic E-state index is 0.129. The highest BCUT2D eigenvalue weighted by atomic mass is 16.6. The number of fused-ring (bicyclic) bond motifs is 2. The van der Waals surface area contributed by atoms with Crippen LogP contribution in [0.1, 0.15) is 36.0 Å². The quantitative estimate of drug-likeness (QED) is 0.758. The lowest BCUT2D eigenvalue weighted by atomic mass is 9.89. The second-order valence-corrected chi connectivity index (χ2v) is 7.97. The van der Waals surface area contributed by atoms with E-state index in [-0.39, 0.29) is 5.91 Å². The fraction of sp³-hybridized carbons (Fsp3) is 0.409. The van der Waals surface area contributed by atoms with Crippen LogP contribution in [0, 0.1) is 0 Å². The number of amides is 1. The molecule has 0 bridgehead atoms. The number of likely N-dealkylation sites (tertiary alicyclic amines) is 1. The number of nitrogens with zero attached hydrogens (tertiary/aromatic N) is 3. The first-order chi connectivity index (χ1) is 13.7. The van der Waals surface area contributed by atoms with Crippen LogP contribution >= 0.6 is 0 Å². The molecule has 1 amide bonds. The average Bonchev–Trinajstić information content (AvgIpc) is 3.37. The molecule has 1 N–H and O–H groups in total. The molecule has 1 saturated heterocycles. The van der Waals surface area contributed by atoms with Gasteiger partial charge in [0.1, 0.15) is 16.6 Å². The molecule has 3 aromatic rings. The predicted molar refractivity (Wildman–Crippen MR) is 106 cm³/mol. The van der Waals surface area contributed by atoms with Gasteiger partial charge in [-0.1, -0.05) is 36.8 Å². The van der Waals surface area contributed by atoms with Gasteiger partial charge in [0.2, 0.25) is 5.91 Å². The minimum atomic E-state index is -0.469. The Morgan fingerprint density at radius 3 is 2.46 bits per heavy atom. The third-order valence-electron chi connectivity index (χ3n) is 6.24. The third kappa shape index (κ3) is 2.98. The number of carbonyl (C=O) groups is 1. The molecule has 5 rings (SSSR count). The molecule has 1 aromatic heterocycles. The topological polar surface area (TPSA) is 71.3 Å². The number of aromatic nitrogens is 2. The van der Waals surface area contributed by atoms with E-state index in [2.05, 4.69) is 44.8 Å². The minimum Gasteiger partial charge on any atom is -0.350 e. The molecular formula is C22H24N4O2. The SMILES string of the molecule is O=C(NCc1ccc2nonc2c1)C1(N2CCCCC2)Cc2ccccc2C1. The number of nitrogens with one attached hydrogen (secondary N) is 1. The highest BCUT2D eigenvalue weighted by molar-refractivity contribution is 5.88. The standard InChI is InChI=1S/C22H24N4O2/c27-21(23-15-16-8-9-19-20(12-16)25-28-24-19)22(26-10-4-1-5-11-26)13-17-6-2-3-7-18(17)14-22/h2-3,6-9,12H,1,4-5,10-11,13-15H2,(H,23,27). The number of hydrogen-bond donors (Lipinski definition) is 1. The fourth-order valence-corrected chi connectivity index (χ4v) is 4.73. The van der Waals surface area contributed by atoms with Gasteiger partial charge in [-0.05, 0) is 65.1 Å². The van der Waals surface area contributed by atoms with E-state index in [4.69, 9.17) is 4.63 Å². The van der Waals surface area contributed by atoms with Crippen LogP contribution in [0.3, 0.4) is 0 Å². The largest absolute Gasteiger partial charge is 0.350 e. The maximum Gasteiger partial charge on any atom is 0.241 e. The zero-order valence-electron chi connectivity index (χ0n) is 15.9. The first-order valence-corrected chi connectivity index (χ1v) is 10.1. The number of piperidine rings is 1. The second-order valence-electron chi connectivity index (χ2n) is 7.97. The van der Waals surface area contributed by atoms with E-state index >= 15 is 0 Å². The molecule has 0 radical (unpaired) electrons. The number of hydrogen-bond acceptors (Lipinski definition) is 5. The van der Waals surface area contributed by atoms with Crippen LogP contribution in [0.5, 0.6) is 0 Å². The van der Waals surface area contributed by atoms with Crippen molar-refractivity contribution in [2.45, 2.75) is 44.2 Å². The van der Waals surface area contributed by atoms with Crippen LogP contribution in [0.25, 0.3) is 11.0 Å². The Kier molecular flexibility index (Phi) is 4.36. The lowest BCUT2D eigenvalue weighted by molar-refractivity contribution is -0.134. The summed E-state index contributed by atoms with van der Waals surface area (Å²) in [5.74, 6) is 0.129. The second kappa shape index (κ2) is 7.02. The Morgan fingerprint density at radius 1 is 1.00 bits per heavy atom. The molecule has 6 nitrogen and oxygen atoms in total. The molecule has 144 valence electrons. The first kappa shape index (κ1) is 17.4. The van der Waals surface area contributed by atoms with Crippen molar-refractivity contribution >= 4 is 16.9 Å². The molecule has 0 atom stereocenters. The number of benzene rings is 2. The zero-order valence-corrected chi connectivity index (χ0v) is 15.9. The average molecular weight is 376 g/mol. The van der Waals surface area contributed by atoms with Gasteiger partial charge in [-0.25, -0.2) is 4.63 Å². The van der Waals surface area contributed by atoms with Crippen molar-refractivity contribution in [3.05, 3.63) is 59.2 Å². The maximum absolute atomic E-state index is 13.5. The van der Waals surface area contributed by atoms with Gasteiger partial charge >= 0.3 is 0 Å². The monoisotopic (exact) mass is 376 g/mol. The van der Waals surface area contributed by atoms with Crippen LogP contribution in [0.15, 0.2) is 47.1 Å². The summed E-state index contributed by atoms with van der Waals surface area (Å²) in [7, 11) is 0. The fourth-order valence-electron chi connectivity index (χ4n) is 4.73. The highest BCUT2D eigenvalue weighted by Gasteiger charge is 2.48. The van der Waals surface area contributed by atoms with E-state index in [0.29, 0.717) is 12.1 Å². The van der Waals surface area contributed by atoms with Gasteiger partial charge in [-0.3, -0.25) is 9.69 Å². The molecule has 0 spiro atoms. The molecule has 0 saturated carbocycles. The first-order valence-electron chi connectivity index (χ1n) is 10.1. The van der Waals surface area contributed by atoms with Crippen LogP contribution in [-0.4, -0.2) is 39.7 Å². The van der Waals surface area contributed by atoms with E-state index in [1.807, 2.05) is 18.2 Å². The van der Waals surface area contributed by atoms with Crippen molar-refractivity contribution in [1.82, 2.24) is 20.5 Å². The summed E-state index contributed by atoms with van der Waals surface area (Å²) in [6.07, 6.45) is 5.18. The smallest absolute Gasteiger partial charge is 0.241 e. The van der Waals surface area contributed by atoms with Gasteiger partial charge in [-0.2, -0.15) is 0 Å². The Labute approximate surface area is 163 Å². The summed E-state index contributed by atoms with van der Waals surface area (Å²) >= 11 is 0. The summed E-state index contributed by atoms with van der Waals surface area (Å²) in [6, 6.07) is 14.2. The molecular weight excluding hydrogens is 352 g/mol. The molecule has 2 aromatic carbocycles. The number of carbonyl (C=O) groups excluding carboxylic acids is 1. The Hall–Kier alpha value is -2.73.